The van der Waals surface area contributed by atoms with Crippen molar-refractivity contribution in [2.45, 2.75) is 38.7 Å². The molecule has 1 aliphatic rings. The van der Waals surface area contributed by atoms with Crippen LogP contribution in [0.25, 0.3) is 0 Å². The Morgan fingerprint density at radius 3 is 2.81 bits per heavy atom. The van der Waals surface area contributed by atoms with E-state index >= 15 is 0 Å². The molecule has 0 atom stereocenters. The summed E-state index contributed by atoms with van der Waals surface area (Å²) in [6.07, 6.45) is 4.22. The van der Waals surface area contributed by atoms with Crippen LogP contribution in [0.1, 0.15) is 32.3 Å². The quantitative estimate of drug-likeness (QED) is 0.819. The van der Waals surface area contributed by atoms with E-state index in [-0.39, 0.29) is 0 Å². The van der Waals surface area contributed by atoms with Gasteiger partial charge in [0.2, 0.25) is 0 Å². The van der Waals surface area contributed by atoms with Gasteiger partial charge in [0.25, 0.3) is 0 Å². The van der Waals surface area contributed by atoms with Crippen LogP contribution in [0, 0.1) is 11.8 Å². The molecule has 0 aromatic carbocycles. The van der Waals surface area contributed by atoms with Gasteiger partial charge in [0.05, 0.1) is 5.60 Å². The Morgan fingerprint density at radius 2 is 2.25 bits per heavy atom. The van der Waals surface area contributed by atoms with Crippen molar-refractivity contribution >= 4 is 5.82 Å². The third-order valence-corrected chi connectivity index (χ3v) is 3.61. The Labute approximate surface area is 96.7 Å². The molecule has 0 bridgehead atoms. The van der Waals surface area contributed by atoms with E-state index in [1.807, 2.05) is 12.1 Å². The lowest BCUT2D eigenvalue weighted by Crippen LogP contribution is -2.47. The number of hydrogen-bond acceptors (Lipinski definition) is 3. The smallest absolute Gasteiger partial charge is 0.123 e. The van der Waals surface area contributed by atoms with E-state index in [9.17, 15) is 5.11 Å². The summed E-state index contributed by atoms with van der Waals surface area (Å²) in [7, 11) is 0. The minimum atomic E-state index is -0.511. The predicted octanol–water partition coefficient (Wildman–Crippen LogP) is 2.00. The zero-order chi connectivity index (χ0) is 11.8. The van der Waals surface area contributed by atoms with Gasteiger partial charge in [0, 0.05) is 12.6 Å². The topological polar surface area (TPSA) is 59.1 Å². The minimum absolute atomic E-state index is 0.511. The molecule has 0 spiro atoms. The van der Waals surface area contributed by atoms with Gasteiger partial charge in [0.15, 0.2) is 0 Å². The Bertz CT molecular complexity index is 370. The number of pyridine rings is 1. The zero-order valence-electron chi connectivity index (χ0n) is 9.98. The summed E-state index contributed by atoms with van der Waals surface area (Å²) in [5.74, 6) is 1.87. The standard InChI is InChI=1S/C13H20N2O/c1-9(2)11-7-13(16,8-11)6-10-3-4-15-12(14)5-10/h3-5,9,11,16H,6-8H2,1-2H3,(H2,14,15). The highest BCUT2D eigenvalue weighted by Crippen LogP contribution is 2.43. The van der Waals surface area contributed by atoms with Crippen LogP contribution in [-0.4, -0.2) is 15.7 Å². The Hall–Kier alpha value is -1.09. The molecule has 1 heterocycles. The fraction of sp³-hybridized carbons (Fsp3) is 0.615. The van der Waals surface area contributed by atoms with E-state index in [1.54, 1.807) is 6.20 Å². The van der Waals surface area contributed by atoms with Crippen molar-refractivity contribution in [1.29, 1.82) is 0 Å². The molecule has 0 amide bonds. The second-order valence-electron chi connectivity index (χ2n) is 5.40. The van der Waals surface area contributed by atoms with E-state index in [0.29, 0.717) is 24.1 Å². The van der Waals surface area contributed by atoms with Gasteiger partial charge in [-0.2, -0.15) is 0 Å². The summed E-state index contributed by atoms with van der Waals surface area (Å²) in [4.78, 5) is 3.95. The molecule has 3 nitrogen and oxygen atoms in total. The molecule has 16 heavy (non-hydrogen) atoms. The summed E-state index contributed by atoms with van der Waals surface area (Å²) in [6, 6.07) is 3.78. The summed E-state index contributed by atoms with van der Waals surface area (Å²) in [6.45, 7) is 4.43. The molecular weight excluding hydrogens is 200 g/mol. The number of nitrogen functional groups attached to an aromatic ring is 1. The van der Waals surface area contributed by atoms with Crippen molar-refractivity contribution in [2.75, 3.05) is 5.73 Å². The number of nitrogens with zero attached hydrogens (tertiary/aromatic N) is 1. The van der Waals surface area contributed by atoms with Crippen molar-refractivity contribution in [3.05, 3.63) is 23.9 Å². The van der Waals surface area contributed by atoms with Gasteiger partial charge in [-0.25, -0.2) is 4.98 Å². The number of anilines is 1. The SMILES string of the molecule is CC(C)C1CC(O)(Cc2ccnc(N)c2)C1. The first kappa shape index (κ1) is 11.4. The van der Waals surface area contributed by atoms with Crippen molar-refractivity contribution in [3.8, 4) is 0 Å². The molecule has 1 saturated carbocycles. The van der Waals surface area contributed by atoms with Crippen LogP contribution in [-0.2, 0) is 6.42 Å². The van der Waals surface area contributed by atoms with Crippen molar-refractivity contribution < 1.29 is 5.11 Å². The average molecular weight is 220 g/mol. The first-order chi connectivity index (χ1) is 7.48. The molecule has 0 unspecified atom stereocenters. The van der Waals surface area contributed by atoms with Crippen LogP contribution in [0.3, 0.4) is 0 Å². The Kier molecular flexibility index (Phi) is 2.89. The van der Waals surface area contributed by atoms with Crippen LogP contribution in [0.15, 0.2) is 18.3 Å². The lowest BCUT2D eigenvalue weighted by Gasteiger charge is -2.46. The van der Waals surface area contributed by atoms with Crippen molar-refractivity contribution in [1.82, 2.24) is 4.98 Å². The number of hydrogen-bond donors (Lipinski definition) is 2. The van der Waals surface area contributed by atoms with E-state index in [1.165, 1.54) is 0 Å². The third-order valence-electron chi connectivity index (χ3n) is 3.61. The first-order valence-corrected chi connectivity index (χ1v) is 5.91. The maximum absolute atomic E-state index is 10.3. The summed E-state index contributed by atoms with van der Waals surface area (Å²) in [5, 5.41) is 10.3. The van der Waals surface area contributed by atoms with Crippen LogP contribution in [0.5, 0.6) is 0 Å². The minimum Gasteiger partial charge on any atom is -0.390 e. The van der Waals surface area contributed by atoms with Gasteiger partial charge < -0.3 is 10.8 Å². The van der Waals surface area contributed by atoms with E-state index in [0.717, 1.165) is 18.4 Å². The molecule has 0 radical (unpaired) electrons. The second kappa shape index (κ2) is 4.06. The van der Waals surface area contributed by atoms with Crippen molar-refractivity contribution in [3.63, 3.8) is 0 Å². The van der Waals surface area contributed by atoms with Gasteiger partial charge in [-0.3, -0.25) is 0 Å². The van der Waals surface area contributed by atoms with Gasteiger partial charge in [-0.1, -0.05) is 13.8 Å². The first-order valence-electron chi connectivity index (χ1n) is 5.91. The molecule has 0 saturated heterocycles. The largest absolute Gasteiger partial charge is 0.390 e. The molecule has 88 valence electrons. The monoisotopic (exact) mass is 220 g/mol. The molecule has 1 fully saturated rings. The van der Waals surface area contributed by atoms with E-state index in [2.05, 4.69) is 18.8 Å². The lowest BCUT2D eigenvalue weighted by atomic mass is 9.64. The maximum Gasteiger partial charge on any atom is 0.123 e. The van der Waals surface area contributed by atoms with Crippen LogP contribution >= 0.6 is 0 Å². The maximum atomic E-state index is 10.3. The summed E-state index contributed by atoms with van der Waals surface area (Å²) in [5.41, 5.74) is 6.19. The normalized spacial score (nSPS) is 29.1. The molecule has 2 rings (SSSR count). The molecule has 1 aliphatic carbocycles. The van der Waals surface area contributed by atoms with Gasteiger partial charge in [0.1, 0.15) is 5.82 Å². The zero-order valence-corrected chi connectivity index (χ0v) is 9.98. The van der Waals surface area contributed by atoms with Gasteiger partial charge in [-0.05, 0) is 42.4 Å². The van der Waals surface area contributed by atoms with Crippen LogP contribution in [0.2, 0.25) is 0 Å². The highest BCUT2D eigenvalue weighted by atomic mass is 16.3. The van der Waals surface area contributed by atoms with E-state index < -0.39 is 5.60 Å². The molecular formula is C13H20N2O. The number of aliphatic hydroxyl groups is 1. The second-order valence-corrected chi connectivity index (χ2v) is 5.40. The fourth-order valence-electron chi connectivity index (χ4n) is 2.52. The summed E-state index contributed by atoms with van der Waals surface area (Å²) < 4.78 is 0. The Morgan fingerprint density at radius 1 is 1.56 bits per heavy atom. The predicted molar refractivity (Wildman–Crippen MR) is 64.9 cm³/mol. The van der Waals surface area contributed by atoms with Gasteiger partial charge in [-0.15, -0.1) is 0 Å². The number of nitrogens with two attached hydrogens (primary N) is 1. The summed E-state index contributed by atoms with van der Waals surface area (Å²) >= 11 is 0. The molecule has 0 aliphatic heterocycles. The molecule has 1 aromatic rings. The average Bonchev–Trinajstić information content (AvgIpc) is 2.13. The van der Waals surface area contributed by atoms with Gasteiger partial charge >= 0.3 is 0 Å². The highest BCUT2D eigenvalue weighted by molar-refractivity contribution is 5.32. The fourth-order valence-corrected chi connectivity index (χ4v) is 2.52. The third kappa shape index (κ3) is 2.35. The molecule has 3 N–H and O–H groups in total. The molecule has 1 aromatic heterocycles. The Balaban J connectivity index is 1.96. The highest BCUT2D eigenvalue weighted by Gasteiger charge is 2.43. The number of rotatable bonds is 3. The number of aromatic nitrogens is 1. The van der Waals surface area contributed by atoms with E-state index in [4.69, 9.17) is 5.73 Å². The van der Waals surface area contributed by atoms with Crippen LogP contribution < -0.4 is 5.73 Å². The lowest BCUT2D eigenvalue weighted by molar-refractivity contribution is -0.0860. The van der Waals surface area contributed by atoms with Crippen LogP contribution in [0.4, 0.5) is 5.82 Å². The van der Waals surface area contributed by atoms with Crippen molar-refractivity contribution in [2.24, 2.45) is 11.8 Å². The molecule has 3 heteroatoms.